The van der Waals surface area contributed by atoms with Gasteiger partial charge in [0.2, 0.25) is 5.88 Å². The summed E-state index contributed by atoms with van der Waals surface area (Å²) >= 11 is 0. The summed E-state index contributed by atoms with van der Waals surface area (Å²) < 4.78 is 5.07. The molecule has 5 nitrogen and oxygen atoms in total. The quantitative estimate of drug-likeness (QED) is 0.852. The van der Waals surface area contributed by atoms with Crippen molar-refractivity contribution in [2.45, 2.75) is 13.5 Å². The molecule has 0 amide bonds. The highest BCUT2D eigenvalue weighted by molar-refractivity contribution is 5.70. The molecule has 2 rings (SSSR count). The van der Waals surface area contributed by atoms with Crippen molar-refractivity contribution in [3.8, 4) is 5.88 Å². The van der Waals surface area contributed by atoms with Crippen LogP contribution >= 0.6 is 0 Å². The fourth-order valence-electron chi connectivity index (χ4n) is 2.15. The van der Waals surface area contributed by atoms with Crippen LogP contribution in [0.3, 0.4) is 0 Å². The Balaban J connectivity index is 1.84. The van der Waals surface area contributed by atoms with E-state index in [1.54, 1.807) is 14.0 Å². The summed E-state index contributed by atoms with van der Waals surface area (Å²) in [7, 11) is 1.60. The average molecular weight is 250 g/mol. The molecule has 0 aromatic carbocycles. The molecule has 0 aliphatic carbocycles. The lowest BCUT2D eigenvalue weighted by Gasteiger charge is -2.41. The SMILES string of the molecule is COc1cccc(CN2CC(C(C)C(=O)O)C2)n1. The average Bonchev–Trinajstić information content (AvgIpc) is 2.32. The van der Waals surface area contributed by atoms with Crippen molar-refractivity contribution in [1.82, 2.24) is 9.88 Å². The number of pyridine rings is 1. The lowest BCUT2D eigenvalue weighted by Crippen LogP contribution is -2.50. The minimum absolute atomic E-state index is 0.258. The molecule has 0 bridgehead atoms. The van der Waals surface area contributed by atoms with E-state index in [0.717, 1.165) is 25.3 Å². The summed E-state index contributed by atoms with van der Waals surface area (Å²) in [6.45, 7) is 4.17. The first-order valence-corrected chi connectivity index (χ1v) is 6.05. The van der Waals surface area contributed by atoms with Crippen LogP contribution in [0.4, 0.5) is 0 Å². The maximum atomic E-state index is 10.8. The number of carboxylic acids is 1. The number of rotatable bonds is 5. The lowest BCUT2D eigenvalue weighted by atomic mass is 9.87. The molecular formula is C13H18N2O3. The number of aliphatic carboxylic acids is 1. The third kappa shape index (κ3) is 2.79. The Morgan fingerprint density at radius 2 is 2.33 bits per heavy atom. The van der Waals surface area contributed by atoms with Gasteiger partial charge in [-0.15, -0.1) is 0 Å². The van der Waals surface area contributed by atoms with E-state index in [4.69, 9.17) is 9.84 Å². The Morgan fingerprint density at radius 1 is 1.61 bits per heavy atom. The molecular weight excluding hydrogens is 232 g/mol. The number of aromatic nitrogens is 1. The largest absolute Gasteiger partial charge is 0.481 e. The maximum absolute atomic E-state index is 10.8. The Hall–Kier alpha value is -1.62. The van der Waals surface area contributed by atoms with Gasteiger partial charge in [0.1, 0.15) is 0 Å². The highest BCUT2D eigenvalue weighted by Gasteiger charge is 2.34. The molecule has 1 aliphatic rings. The zero-order chi connectivity index (χ0) is 13.1. The number of likely N-dealkylation sites (tertiary alicyclic amines) is 1. The fourth-order valence-corrected chi connectivity index (χ4v) is 2.15. The highest BCUT2D eigenvalue weighted by atomic mass is 16.5. The number of methoxy groups -OCH3 is 1. The second kappa shape index (κ2) is 5.35. The molecule has 0 saturated carbocycles. The van der Waals surface area contributed by atoms with Crippen molar-refractivity contribution >= 4 is 5.97 Å². The molecule has 18 heavy (non-hydrogen) atoms. The number of hydrogen-bond acceptors (Lipinski definition) is 4. The maximum Gasteiger partial charge on any atom is 0.306 e. The zero-order valence-electron chi connectivity index (χ0n) is 10.7. The summed E-state index contributed by atoms with van der Waals surface area (Å²) in [6, 6.07) is 5.68. The van der Waals surface area contributed by atoms with Crippen LogP contribution in [0, 0.1) is 11.8 Å². The summed E-state index contributed by atoms with van der Waals surface area (Å²) in [5.41, 5.74) is 0.954. The minimum Gasteiger partial charge on any atom is -0.481 e. The number of carbonyl (C=O) groups is 1. The van der Waals surface area contributed by atoms with Gasteiger partial charge in [-0.3, -0.25) is 9.69 Å². The van der Waals surface area contributed by atoms with Crippen molar-refractivity contribution < 1.29 is 14.6 Å². The standard InChI is InChI=1S/C13H18N2O3/c1-9(13(16)17)10-6-15(7-10)8-11-4-3-5-12(14-11)18-2/h3-5,9-10H,6-8H2,1-2H3,(H,16,17). The van der Waals surface area contributed by atoms with Crippen molar-refractivity contribution in [2.75, 3.05) is 20.2 Å². The van der Waals surface area contributed by atoms with Crippen molar-refractivity contribution in [2.24, 2.45) is 11.8 Å². The molecule has 1 N–H and O–H groups in total. The van der Waals surface area contributed by atoms with Crippen molar-refractivity contribution in [3.05, 3.63) is 23.9 Å². The van der Waals surface area contributed by atoms with Gasteiger partial charge in [0.05, 0.1) is 18.7 Å². The minimum atomic E-state index is -0.709. The number of ether oxygens (including phenoxy) is 1. The van der Waals surface area contributed by atoms with Crippen LogP contribution < -0.4 is 4.74 Å². The molecule has 1 aliphatic heterocycles. The van der Waals surface area contributed by atoms with E-state index in [9.17, 15) is 4.79 Å². The number of nitrogens with zero attached hydrogens (tertiary/aromatic N) is 2. The smallest absolute Gasteiger partial charge is 0.306 e. The van der Waals surface area contributed by atoms with Gasteiger partial charge < -0.3 is 9.84 Å². The van der Waals surface area contributed by atoms with Gasteiger partial charge in [-0.2, -0.15) is 0 Å². The first kappa shape index (κ1) is 12.8. The van der Waals surface area contributed by atoms with E-state index in [1.165, 1.54) is 0 Å². The van der Waals surface area contributed by atoms with Crippen molar-refractivity contribution in [1.29, 1.82) is 0 Å². The van der Waals surface area contributed by atoms with E-state index in [0.29, 0.717) is 5.88 Å². The molecule has 5 heteroatoms. The monoisotopic (exact) mass is 250 g/mol. The second-order valence-corrected chi connectivity index (χ2v) is 4.75. The second-order valence-electron chi connectivity index (χ2n) is 4.75. The van der Waals surface area contributed by atoms with E-state index in [-0.39, 0.29) is 11.8 Å². The first-order chi connectivity index (χ1) is 8.60. The van der Waals surface area contributed by atoms with Gasteiger partial charge in [0, 0.05) is 25.7 Å². The van der Waals surface area contributed by atoms with Crippen molar-refractivity contribution in [3.63, 3.8) is 0 Å². The van der Waals surface area contributed by atoms with Crippen LogP contribution in [0.5, 0.6) is 5.88 Å². The third-order valence-electron chi connectivity index (χ3n) is 3.46. The molecule has 0 spiro atoms. The molecule has 1 saturated heterocycles. The molecule has 1 aromatic heterocycles. The fraction of sp³-hybridized carbons (Fsp3) is 0.538. The van der Waals surface area contributed by atoms with Gasteiger partial charge in [0.25, 0.3) is 0 Å². The van der Waals surface area contributed by atoms with E-state index >= 15 is 0 Å². The van der Waals surface area contributed by atoms with Gasteiger partial charge >= 0.3 is 5.97 Å². The molecule has 1 unspecified atom stereocenters. The summed E-state index contributed by atoms with van der Waals surface area (Å²) in [6.07, 6.45) is 0. The Morgan fingerprint density at radius 3 is 2.94 bits per heavy atom. The van der Waals surface area contributed by atoms with Crippen LogP contribution in [0.2, 0.25) is 0 Å². The summed E-state index contributed by atoms with van der Waals surface area (Å²) in [4.78, 5) is 17.4. The number of carboxylic acid groups (broad SMARTS) is 1. The van der Waals surface area contributed by atoms with Crippen LogP contribution in [-0.2, 0) is 11.3 Å². The normalized spacial score (nSPS) is 18.1. The lowest BCUT2D eigenvalue weighted by molar-refractivity contribution is -0.145. The van der Waals surface area contributed by atoms with E-state index in [2.05, 4.69) is 9.88 Å². The highest BCUT2D eigenvalue weighted by Crippen LogP contribution is 2.25. The van der Waals surface area contributed by atoms with E-state index in [1.807, 2.05) is 18.2 Å². The molecule has 1 fully saturated rings. The Kier molecular flexibility index (Phi) is 3.81. The van der Waals surface area contributed by atoms with Crippen LogP contribution in [0.15, 0.2) is 18.2 Å². The van der Waals surface area contributed by atoms with Gasteiger partial charge in [-0.1, -0.05) is 13.0 Å². The van der Waals surface area contributed by atoms with Crippen LogP contribution in [0.1, 0.15) is 12.6 Å². The molecule has 2 heterocycles. The predicted octanol–water partition coefficient (Wildman–Crippen LogP) is 1.24. The Labute approximate surface area is 106 Å². The predicted molar refractivity (Wildman–Crippen MR) is 66.4 cm³/mol. The molecule has 0 radical (unpaired) electrons. The van der Waals surface area contributed by atoms with Crippen LogP contribution in [0.25, 0.3) is 0 Å². The Bertz CT molecular complexity index is 430. The summed E-state index contributed by atoms with van der Waals surface area (Å²) in [5.74, 6) is -0.102. The van der Waals surface area contributed by atoms with E-state index < -0.39 is 5.97 Å². The third-order valence-corrected chi connectivity index (χ3v) is 3.46. The topological polar surface area (TPSA) is 62.7 Å². The summed E-state index contributed by atoms with van der Waals surface area (Å²) in [5, 5.41) is 8.91. The number of hydrogen-bond donors (Lipinski definition) is 1. The molecule has 1 atom stereocenters. The molecule has 1 aromatic rings. The zero-order valence-corrected chi connectivity index (χ0v) is 10.7. The van der Waals surface area contributed by atoms with Gasteiger partial charge in [-0.25, -0.2) is 4.98 Å². The first-order valence-electron chi connectivity index (χ1n) is 6.05. The van der Waals surface area contributed by atoms with Gasteiger partial charge in [0.15, 0.2) is 0 Å². The van der Waals surface area contributed by atoms with Gasteiger partial charge in [-0.05, 0) is 12.0 Å². The van der Waals surface area contributed by atoms with Crippen LogP contribution in [-0.4, -0.2) is 41.2 Å². The molecule has 98 valence electrons.